The molecule has 0 aliphatic carbocycles. The van der Waals surface area contributed by atoms with Gasteiger partial charge in [-0.2, -0.15) is 5.10 Å². The monoisotopic (exact) mass is 324 g/mol. The number of benzene rings is 2. The largest absolute Gasteiger partial charge is 0.325 e. The number of aryl methyl sites for hydroxylation is 1. The molecule has 3 rings (SSSR count). The van der Waals surface area contributed by atoms with Crippen molar-refractivity contribution in [2.75, 3.05) is 11.1 Å². The van der Waals surface area contributed by atoms with Crippen LogP contribution >= 0.6 is 11.8 Å². The number of aromatic amines is 1. The van der Waals surface area contributed by atoms with E-state index in [9.17, 15) is 4.79 Å². The van der Waals surface area contributed by atoms with Gasteiger partial charge in [-0.1, -0.05) is 59.8 Å². The summed E-state index contributed by atoms with van der Waals surface area (Å²) in [5.41, 5.74) is 2.90. The highest BCUT2D eigenvalue weighted by Gasteiger charge is 2.08. The van der Waals surface area contributed by atoms with Crippen LogP contribution in [0, 0.1) is 6.92 Å². The van der Waals surface area contributed by atoms with Crippen molar-refractivity contribution in [2.45, 2.75) is 12.1 Å². The molecule has 0 aliphatic rings. The van der Waals surface area contributed by atoms with Crippen LogP contribution in [-0.4, -0.2) is 26.8 Å². The molecular weight excluding hydrogens is 308 g/mol. The molecule has 0 atom stereocenters. The van der Waals surface area contributed by atoms with Crippen molar-refractivity contribution >= 4 is 23.4 Å². The minimum atomic E-state index is -0.0727. The molecule has 5 nitrogen and oxygen atoms in total. The van der Waals surface area contributed by atoms with Crippen LogP contribution in [0.1, 0.15) is 5.56 Å². The number of H-pyrrole nitrogens is 1. The number of anilines is 1. The third kappa shape index (κ3) is 4.20. The molecule has 2 aromatic carbocycles. The predicted octanol–water partition coefficient (Wildman–Crippen LogP) is 3.51. The molecule has 0 aliphatic heterocycles. The Morgan fingerprint density at radius 2 is 1.87 bits per heavy atom. The van der Waals surface area contributed by atoms with Gasteiger partial charge in [0.1, 0.15) is 0 Å². The normalized spacial score (nSPS) is 10.5. The number of rotatable bonds is 5. The number of carbonyl (C=O) groups excluding carboxylic acids is 1. The van der Waals surface area contributed by atoms with E-state index in [4.69, 9.17) is 0 Å². The predicted molar refractivity (Wildman–Crippen MR) is 92.4 cm³/mol. The van der Waals surface area contributed by atoms with Crippen LogP contribution in [0.4, 0.5) is 5.69 Å². The number of amides is 1. The minimum Gasteiger partial charge on any atom is -0.325 e. The summed E-state index contributed by atoms with van der Waals surface area (Å²) in [7, 11) is 0. The lowest BCUT2D eigenvalue weighted by molar-refractivity contribution is -0.113. The summed E-state index contributed by atoms with van der Waals surface area (Å²) in [5, 5.41) is 10.5. The highest BCUT2D eigenvalue weighted by atomic mass is 32.2. The third-order valence-electron chi connectivity index (χ3n) is 3.17. The molecule has 116 valence electrons. The van der Waals surface area contributed by atoms with Gasteiger partial charge in [0.15, 0.2) is 11.0 Å². The molecule has 0 bridgehead atoms. The molecule has 0 radical (unpaired) electrons. The molecule has 2 N–H and O–H groups in total. The molecule has 0 saturated carbocycles. The van der Waals surface area contributed by atoms with Gasteiger partial charge in [-0.05, 0) is 19.1 Å². The maximum Gasteiger partial charge on any atom is 0.234 e. The Balaban J connectivity index is 1.55. The van der Waals surface area contributed by atoms with E-state index in [0.29, 0.717) is 11.0 Å². The molecule has 1 heterocycles. The van der Waals surface area contributed by atoms with E-state index in [1.165, 1.54) is 11.8 Å². The van der Waals surface area contributed by atoms with Gasteiger partial charge in [-0.3, -0.25) is 9.89 Å². The molecule has 0 spiro atoms. The van der Waals surface area contributed by atoms with Crippen molar-refractivity contribution < 1.29 is 4.79 Å². The van der Waals surface area contributed by atoms with E-state index in [0.717, 1.165) is 16.8 Å². The van der Waals surface area contributed by atoms with Crippen LogP contribution in [0.2, 0.25) is 0 Å². The highest BCUT2D eigenvalue weighted by Crippen LogP contribution is 2.19. The Morgan fingerprint density at radius 1 is 1.13 bits per heavy atom. The van der Waals surface area contributed by atoms with Gasteiger partial charge in [0.25, 0.3) is 0 Å². The zero-order valence-corrected chi connectivity index (χ0v) is 13.4. The SMILES string of the molecule is Cc1ccc(NC(=O)CSc2nc(-c3ccccc3)n[nH]2)cc1. The van der Waals surface area contributed by atoms with Crippen LogP contribution in [0.15, 0.2) is 59.8 Å². The van der Waals surface area contributed by atoms with E-state index in [2.05, 4.69) is 20.5 Å². The standard InChI is InChI=1S/C17H16N4OS/c1-12-7-9-14(10-8-12)18-15(22)11-23-17-19-16(20-21-17)13-5-3-2-4-6-13/h2-10H,11H2,1H3,(H,18,22)(H,19,20,21). The first-order chi connectivity index (χ1) is 11.2. The molecule has 6 heteroatoms. The number of aromatic nitrogens is 3. The average molecular weight is 324 g/mol. The lowest BCUT2D eigenvalue weighted by Gasteiger charge is -2.04. The Hall–Kier alpha value is -2.60. The maximum atomic E-state index is 12.0. The number of carbonyl (C=O) groups is 1. The van der Waals surface area contributed by atoms with E-state index < -0.39 is 0 Å². The van der Waals surface area contributed by atoms with Gasteiger partial charge in [-0.15, -0.1) is 0 Å². The first-order valence-electron chi connectivity index (χ1n) is 7.18. The maximum absolute atomic E-state index is 12.0. The number of hydrogen-bond acceptors (Lipinski definition) is 4. The van der Waals surface area contributed by atoms with Crippen molar-refractivity contribution in [3.8, 4) is 11.4 Å². The summed E-state index contributed by atoms with van der Waals surface area (Å²) < 4.78 is 0. The number of nitrogens with one attached hydrogen (secondary N) is 2. The van der Waals surface area contributed by atoms with Crippen LogP contribution in [0.3, 0.4) is 0 Å². The van der Waals surface area contributed by atoms with Gasteiger partial charge < -0.3 is 5.32 Å². The second-order valence-electron chi connectivity index (χ2n) is 5.03. The van der Waals surface area contributed by atoms with E-state index >= 15 is 0 Å². The lowest BCUT2D eigenvalue weighted by atomic mass is 10.2. The van der Waals surface area contributed by atoms with Gasteiger partial charge >= 0.3 is 0 Å². The number of thioether (sulfide) groups is 1. The Labute approximate surface area is 138 Å². The zero-order valence-electron chi connectivity index (χ0n) is 12.6. The second-order valence-corrected chi connectivity index (χ2v) is 6.00. The smallest absolute Gasteiger partial charge is 0.234 e. The molecule has 0 unspecified atom stereocenters. The molecule has 3 aromatic rings. The fourth-order valence-electron chi connectivity index (χ4n) is 2.00. The topological polar surface area (TPSA) is 70.7 Å². The number of hydrogen-bond donors (Lipinski definition) is 2. The zero-order chi connectivity index (χ0) is 16.1. The Kier molecular flexibility index (Phi) is 4.73. The molecule has 1 amide bonds. The second kappa shape index (κ2) is 7.11. The van der Waals surface area contributed by atoms with Crippen LogP contribution in [0.25, 0.3) is 11.4 Å². The third-order valence-corrected chi connectivity index (χ3v) is 4.03. The van der Waals surface area contributed by atoms with E-state index in [-0.39, 0.29) is 11.7 Å². The van der Waals surface area contributed by atoms with Crippen molar-refractivity contribution in [1.29, 1.82) is 0 Å². The fourth-order valence-corrected chi connectivity index (χ4v) is 2.60. The lowest BCUT2D eigenvalue weighted by Crippen LogP contribution is -2.14. The summed E-state index contributed by atoms with van der Waals surface area (Å²) in [4.78, 5) is 16.3. The summed E-state index contributed by atoms with van der Waals surface area (Å²) in [6.07, 6.45) is 0. The molecule has 23 heavy (non-hydrogen) atoms. The summed E-state index contributed by atoms with van der Waals surface area (Å²) in [6.45, 7) is 2.01. The summed E-state index contributed by atoms with van der Waals surface area (Å²) in [6, 6.07) is 17.4. The van der Waals surface area contributed by atoms with Gasteiger partial charge in [-0.25, -0.2) is 4.98 Å². The quantitative estimate of drug-likeness (QED) is 0.705. The van der Waals surface area contributed by atoms with Crippen LogP contribution in [-0.2, 0) is 4.79 Å². The molecule has 0 fully saturated rings. The fraction of sp³-hybridized carbons (Fsp3) is 0.118. The molecule has 1 aromatic heterocycles. The van der Waals surface area contributed by atoms with Crippen LogP contribution < -0.4 is 5.32 Å². The van der Waals surface area contributed by atoms with Crippen molar-refractivity contribution in [2.24, 2.45) is 0 Å². The first-order valence-corrected chi connectivity index (χ1v) is 8.16. The first kappa shape index (κ1) is 15.3. The minimum absolute atomic E-state index is 0.0727. The highest BCUT2D eigenvalue weighted by molar-refractivity contribution is 7.99. The molecule has 0 saturated heterocycles. The summed E-state index contributed by atoms with van der Waals surface area (Å²) >= 11 is 1.33. The van der Waals surface area contributed by atoms with E-state index in [1.807, 2.05) is 61.5 Å². The van der Waals surface area contributed by atoms with Gasteiger partial charge in [0, 0.05) is 11.3 Å². The van der Waals surface area contributed by atoms with Crippen molar-refractivity contribution in [3.05, 3.63) is 60.2 Å². The average Bonchev–Trinajstić information content (AvgIpc) is 3.05. The number of nitrogens with zero attached hydrogens (tertiary/aromatic N) is 2. The Morgan fingerprint density at radius 3 is 2.61 bits per heavy atom. The van der Waals surface area contributed by atoms with Gasteiger partial charge in [0.05, 0.1) is 5.75 Å². The van der Waals surface area contributed by atoms with E-state index in [1.54, 1.807) is 0 Å². The van der Waals surface area contributed by atoms with Gasteiger partial charge in [0.2, 0.25) is 5.91 Å². The van der Waals surface area contributed by atoms with Crippen molar-refractivity contribution in [3.63, 3.8) is 0 Å². The van der Waals surface area contributed by atoms with Crippen LogP contribution in [0.5, 0.6) is 0 Å². The summed E-state index contributed by atoms with van der Waals surface area (Å²) in [5.74, 6) is 0.834. The van der Waals surface area contributed by atoms with Crippen molar-refractivity contribution in [1.82, 2.24) is 15.2 Å². The Bertz CT molecular complexity index is 784. The molecular formula is C17H16N4OS.